The standard InChI is InChI=1S/C10H13F3N5O4P/c1-15-7(18(19)20)6-14-9(15)8(10(11,12)13)22-23(21,16-2-3-16)17-4-5-17/h6,8H,2-5H2,1H3. The van der Waals surface area contributed by atoms with Crippen LogP contribution in [-0.2, 0) is 16.1 Å². The Morgan fingerprint density at radius 2 is 1.87 bits per heavy atom. The number of halogens is 3. The van der Waals surface area contributed by atoms with E-state index in [0.29, 0.717) is 30.7 Å². The summed E-state index contributed by atoms with van der Waals surface area (Å²) in [5.41, 5.74) is 0. The predicted molar refractivity (Wildman–Crippen MR) is 70.5 cm³/mol. The molecule has 23 heavy (non-hydrogen) atoms. The van der Waals surface area contributed by atoms with E-state index < -0.39 is 36.5 Å². The molecule has 1 unspecified atom stereocenters. The molecule has 0 saturated carbocycles. The maximum absolute atomic E-state index is 13.4. The van der Waals surface area contributed by atoms with Crippen molar-refractivity contribution in [2.45, 2.75) is 12.3 Å². The van der Waals surface area contributed by atoms with E-state index in [1.807, 2.05) is 0 Å². The van der Waals surface area contributed by atoms with Crippen LogP contribution in [0.15, 0.2) is 6.20 Å². The van der Waals surface area contributed by atoms with Crippen molar-refractivity contribution in [1.29, 1.82) is 0 Å². The van der Waals surface area contributed by atoms with Crippen molar-refractivity contribution in [1.82, 2.24) is 18.9 Å². The summed E-state index contributed by atoms with van der Waals surface area (Å²) in [6.45, 7) is 1.55. The fourth-order valence-corrected chi connectivity index (χ4v) is 4.43. The van der Waals surface area contributed by atoms with Crippen molar-refractivity contribution in [2.24, 2.45) is 7.05 Å². The summed E-state index contributed by atoms with van der Waals surface area (Å²) >= 11 is 0. The number of nitro groups is 1. The van der Waals surface area contributed by atoms with Gasteiger partial charge in [-0.25, -0.2) is 18.9 Å². The van der Waals surface area contributed by atoms with Crippen molar-refractivity contribution in [3.05, 3.63) is 22.1 Å². The zero-order valence-electron chi connectivity index (χ0n) is 11.9. The minimum Gasteiger partial charge on any atom is -0.358 e. The van der Waals surface area contributed by atoms with E-state index in [1.54, 1.807) is 0 Å². The highest BCUT2D eigenvalue weighted by atomic mass is 31.2. The van der Waals surface area contributed by atoms with Crippen LogP contribution in [0.2, 0.25) is 0 Å². The van der Waals surface area contributed by atoms with Crippen molar-refractivity contribution < 1.29 is 27.2 Å². The van der Waals surface area contributed by atoms with Crippen molar-refractivity contribution >= 4 is 13.5 Å². The molecule has 2 aliphatic rings. The molecule has 0 aromatic carbocycles. The molecule has 1 atom stereocenters. The van der Waals surface area contributed by atoms with Gasteiger partial charge >= 0.3 is 19.7 Å². The van der Waals surface area contributed by atoms with E-state index in [1.165, 1.54) is 9.34 Å². The number of imidazole rings is 1. The van der Waals surface area contributed by atoms with Gasteiger partial charge in [0.15, 0.2) is 0 Å². The molecule has 2 saturated heterocycles. The van der Waals surface area contributed by atoms with Gasteiger partial charge in [0.2, 0.25) is 11.9 Å². The Morgan fingerprint density at radius 1 is 1.35 bits per heavy atom. The molecule has 0 radical (unpaired) electrons. The highest BCUT2D eigenvalue weighted by Gasteiger charge is 2.57. The Balaban J connectivity index is 1.96. The van der Waals surface area contributed by atoms with Crippen LogP contribution in [-0.4, -0.2) is 56.2 Å². The fourth-order valence-electron chi connectivity index (χ4n) is 2.13. The van der Waals surface area contributed by atoms with Gasteiger partial charge in [0.1, 0.15) is 6.20 Å². The molecule has 0 spiro atoms. The van der Waals surface area contributed by atoms with Gasteiger partial charge in [-0.3, -0.25) is 9.09 Å². The summed E-state index contributed by atoms with van der Waals surface area (Å²) < 4.78 is 61.3. The van der Waals surface area contributed by atoms with Gasteiger partial charge in [0, 0.05) is 26.2 Å². The third-order valence-corrected chi connectivity index (χ3v) is 6.24. The topological polar surface area (TPSA) is 93.3 Å². The van der Waals surface area contributed by atoms with Gasteiger partial charge in [-0.15, -0.1) is 0 Å². The van der Waals surface area contributed by atoms with Crippen LogP contribution in [0.3, 0.4) is 0 Å². The van der Waals surface area contributed by atoms with Gasteiger partial charge in [0.25, 0.3) is 0 Å². The minimum absolute atomic E-state index is 0.388. The molecule has 3 rings (SSSR count). The van der Waals surface area contributed by atoms with E-state index in [0.717, 1.165) is 13.2 Å². The van der Waals surface area contributed by atoms with Gasteiger partial charge in [-0.1, -0.05) is 0 Å². The molecule has 0 bridgehead atoms. The summed E-state index contributed by atoms with van der Waals surface area (Å²) in [7, 11) is -2.68. The third-order valence-electron chi connectivity index (χ3n) is 3.52. The van der Waals surface area contributed by atoms with E-state index in [2.05, 4.69) is 4.98 Å². The number of nitrogens with zero attached hydrogens (tertiary/aromatic N) is 5. The van der Waals surface area contributed by atoms with E-state index in [4.69, 9.17) is 4.52 Å². The van der Waals surface area contributed by atoms with Crippen LogP contribution in [0.4, 0.5) is 19.0 Å². The average Bonchev–Trinajstić information content (AvgIpc) is 3.32. The SMILES string of the molecule is Cn1c([N+](=O)[O-])cnc1C(OP(=O)(N1CC1)N1CC1)C(F)(F)F. The maximum Gasteiger partial charge on any atom is 0.424 e. The number of rotatable bonds is 6. The van der Waals surface area contributed by atoms with E-state index in [9.17, 15) is 27.9 Å². The zero-order valence-corrected chi connectivity index (χ0v) is 12.8. The molecule has 128 valence electrons. The lowest BCUT2D eigenvalue weighted by Crippen LogP contribution is -2.27. The summed E-state index contributed by atoms with van der Waals surface area (Å²) in [4.78, 5) is 13.4. The Bertz CT molecular complexity index is 669. The monoisotopic (exact) mass is 355 g/mol. The van der Waals surface area contributed by atoms with Gasteiger partial charge in [0.05, 0.1) is 7.05 Å². The van der Waals surface area contributed by atoms with Gasteiger partial charge in [-0.2, -0.15) is 13.2 Å². The van der Waals surface area contributed by atoms with Gasteiger partial charge in [-0.05, 0) is 4.92 Å². The maximum atomic E-state index is 13.4. The molecular weight excluding hydrogens is 342 g/mol. The zero-order chi connectivity index (χ0) is 17.0. The summed E-state index contributed by atoms with van der Waals surface area (Å²) in [6.07, 6.45) is -6.79. The second-order valence-corrected chi connectivity index (χ2v) is 7.54. The number of hydrogen-bond acceptors (Lipinski definition) is 5. The molecule has 9 nitrogen and oxygen atoms in total. The van der Waals surface area contributed by atoms with Crippen LogP contribution in [0.25, 0.3) is 0 Å². The van der Waals surface area contributed by atoms with E-state index in [-0.39, 0.29) is 0 Å². The summed E-state index contributed by atoms with van der Waals surface area (Å²) in [5.74, 6) is -1.31. The highest BCUT2D eigenvalue weighted by Crippen LogP contribution is 2.64. The van der Waals surface area contributed by atoms with Crippen molar-refractivity contribution in [2.75, 3.05) is 26.2 Å². The molecule has 1 aromatic rings. The fraction of sp³-hybridized carbons (Fsp3) is 0.700. The molecule has 13 heteroatoms. The predicted octanol–water partition coefficient (Wildman–Crippen LogP) is 1.69. The molecule has 2 aliphatic heterocycles. The summed E-state index contributed by atoms with van der Waals surface area (Å²) in [6, 6.07) is 0. The second-order valence-electron chi connectivity index (χ2n) is 5.22. The number of hydrogen-bond donors (Lipinski definition) is 0. The first-order valence-electron chi connectivity index (χ1n) is 6.66. The van der Waals surface area contributed by atoms with E-state index >= 15 is 0 Å². The van der Waals surface area contributed by atoms with Crippen LogP contribution >= 0.6 is 7.67 Å². The van der Waals surface area contributed by atoms with Crippen LogP contribution in [0.1, 0.15) is 11.9 Å². The first-order chi connectivity index (χ1) is 10.6. The average molecular weight is 355 g/mol. The number of aromatic nitrogens is 2. The Labute approximate surface area is 128 Å². The van der Waals surface area contributed by atoms with Crippen molar-refractivity contribution in [3.63, 3.8) is 0 Å². The lowest BCUT2D eigenvalue weighted by molar-refractivity contribution is -0.392. The molecular formula is C10H13F3N5O4P. The second kappa shape index (κ2) is 5.26. The Morgan fingerprint density at radius 3 is 2.22 bits per heavy atom. The van der Waals surface area contributed by atoms with Crippen molar-refractivity contribution in [3.8, 4) is 0 Å². The number of alkyl halides is 3. The minimum atomic E-state index is -4.91. The quantitative estimate of drug-likeness (QED) is 0.332. The molecule has 3 heterocycles. The smallest absolute Gasteiger partial charge is 0.358 e. The molecule has 0 aliphatic carbocycles. The van der Waals surface area contributed by atoms with Crippen LogP contribution in [0, 0.1) is 10.1 Å². The highest BCUT2D eigenvalue weighted by molar-refractivity contribution is 7.54. The largest absolute Gasteiger partial charge is 0.424 e. The molecule has 0 N–H and O–H groups in total. The molecule has 2 fully saturated rings. The Kier molecular flexibility index (Phi) is 3.75. The first kappa shape index (κ1) is 16.4. The Hall–Kier alpha value is -1.49. The van der Waals surface area contributed by atoms with Gasteiger partial charge < -0.3 is 10.1 Å². The molecule has 0 amide bonds. The first-order valence-corrected chi connectivity index (χ1v) is 8.19. The molecule has 1 aromatic heterocycles. The van der Waals surface area contributed by atoms with Crippen LogP contribution < -0.4 is 0 Å². The van der Waals surface area contributed by atoms with Crippen LogP contribution in [0.5, 0.6) is 0 Å². The normalized spacial score (nSPS) is 20.5. The third kappa shape index (κ3) is 2.99. The summed E-state index contributed by atoms with van der Waals surface area (Å²) in [5, 5.41) is 10.8. The lowest BCUT2D eigenvalue weighted by Gasteiger charge is -2.25. The lowest BCUT2D eigenvalue weighted by atomic mass is 10.3.